The van der Waals surface area contributed by atoms with Gasteiger partial charge in [-0.1, -0.05) is 92.7 Å². The number of aryl methyl sites for hydroxylation is 1. The molecule has 0 unspecified atom stereocenters. The molecule has 0 radical (unpaired) electrons. The molecule has 3 aromatic rings. The van der Waals surface area contributed by atoms with Crippen LogP contribution in [-0.4, -0.2) is 16.1 Å². The average Bonchev–Trinajstić information content (AvgIpc) is 2.78. The van der Waals surface area contributed by atoms with Crippen molar-refractivity contribution in [3.05, 3.63) is 114 Å². The van der Waals surface area contributed by atoms with Crippen LogP contribution in [0.1, 0.15) is 42.3 Å². The number of aromatic nitrogens is 1. The summed E-state index contributed by atoms with van der Waals surface area (Å²) in [5.41, 5.74) is 4.45. The lowest BCUT2D eigenvalue weighted by Gasteiger charge is -2.14. The van der Waals surface area contributed by atoms with Crippen molar-refractivity contribution in [3.63, 3.8) is 0 Å². The summed E-state index contributed by atoms with van der Waals surface area (Å²) >= 11 is 0. The number of carboxylic acid groups (broad SMARTS) is 1. The van der Waals surface area contributed by atoms with Gasteiger partial charge in [-0.25, -0.2) is 4.79 Å². The van der Waals surface area contributed by atoms with Gasteiger partial charge in [0, 0.05) is 17.5 Å². The van der Waals surface area contributed by atoms with Crippen molar-refractivity contribution in [1.29, 1.82) is 0 Å². The minimum atomic E-state index is -1.01. The van der Waals surface area contributed by atoms with Crippen molar-refractivity contribution < 1.29 is 9.90 Å². The molecule has 4 heteroatoms. The van der Waals surface area contributed by atoms with Crippen molar-refractivity contribution in [1.82, 2.24) is 4.98 Å². The van der Waals surface area contributed by atoms with Gasteiger partial charge in [0.15, 0.2) is 0 Å². The smallest absolute Gasteiger partial charge is 0.337 e. The molecule has 0 aliphatic rings. The van der Waals surface area contributed by atoms with Crippen LogP contribution in [0.25, 0.3) is 5.57 Å². The Morgan fingerprint density at radius 3 is 2.03 bits per heavy atom. The van der Waals surface area contributed by atoms with Gasteiger partial charge < -0.3 is 10.4 Å². The number of pyridine rings is 1. The number of allylic oxidation sites excluding steroid dienone is 2. The van der Waals surface area contributed by atoms with E-state index in [1.165, 1.54) is 24.0 Å². The molecule has 0 fully saturated rings. The first-order chi connectivity index (χ1) is 14.5. The highest BCUT2D eigenvalue weighted by Crippen LogP contribution is 2.24. The predicted molar refractivity (Wildman–Crippen MR) is 127 cm³/mol. The molecule has 0 saturated heterocycles. The van der Waals surface area contributed by atoms with Crippen LogP contribution in [-0.2, 0) is 0 Å². The number of nitrogens with zero attached hydrogens (tertiary/aromatic N) is 1. The highest BCUT2D eigenvalue weighted by atomic mass is 16.4. The Balaban J connectivity index is 0.000000418. The Labute approximate surface area is 179 Å². The standard InChI is InChI=1S/C17H16N2O2.C7H8.C2H6/c1-3-14(13-7-5-4-6-8-13)12(2)19-16-11-18-10-9-15(16)17(20)21;1-7-5-3-2-4-6-7;1-2/h3-11,19H,2H2,1H3,(H,20,21);2-6H,1H3;1-2H3/b14-3+;;. The number of hydrogen-bond acceptors (Lipinski definition) is 3. The Hall–Kier alpha value is -3.66. The van der Waals surface area contributed by atoms with Gasteiger partial charge in [0.05, 0.1) is 17.4 Å². The molecule has 156 valence electrons. The molecule has 2 N–H and O–H groups in total. The third-order valence-electron chi connectivity index (χ3n) is 3.98. The molecule has 1 aromatic heterocycles. The second kappa shape index (κ2) is 13.5. The topological polar surface area (TPSA) is 62.2 Å². The lowest BCUT2D eigenvalue weighted by atomic mass is 10.0. The molecule has 2 aromatic carbocycles. The maximum atomic E-state index is 11.2. The quantitative estimate of drug-likeness (QED) is 0.459. The van der Waals surface area contributed by atoms with Crippen LogP contribution < -0.4 is 5.32 Å². The number of carbonyl (C=O) groups is 1. The van der Waals surface area contributed by atoms with E-state index in [4.69, 9.17) is 0 Å². The van der Waals surface area contributed by atoms with E-state index in [0.717, 1.165) is 11.1 Å². The van der Waals surface area contributed by atoms with Crippen molar-refractivity contribution >= 4 is 17.2 Å². The van der Waals surface area contributed by atoms with Crippen LogP contribution in [0.5, 0.6) is 0 Å². The summed E-state index contributed by atoms with van der Waals surface area (Å²) in [6, 6.07) is 21.5. The highest BCUT2D eigenvalue weighted by Gasteiger charge is 2.12. The lowest BCUT2D eigenvalue weighted by molar-refractivity contribution is 0.0698. The normalized spacial score (nSPS) is 9.93. The van der Waals surface area contributed by atoms with Gasteiger partial charge in [0.25, 0.3) is 0 Å². The Bertz CT molecular complexity index is 949. The summed E-state index contributed by atoms with van der Waals surface area (Å²) < 4.78 is 0. The largest absolute Gasteiger partial charge is 0.478 e. The molecule has 30 heavy (non-hydrogen) atoms. The van der Waals surface area contributed by atoms with Gasteiger partial charge in [-0.15, -0.1) is 0 Å². The second-order valence-electron chi connectivity index (χ2n) is 6.05. The van der Waals surface area contributed by atoms with Gasteiger partial charge in [-0.2, -0.15) is 0 Å². The maximum absolute atomic E-state index is 11.2. The van der Waals surface area contributed by atoms with Gasteiger partial charge in [-0.3, -0.25) is 4.98 Å². The van der Waals surface area contributed by atoms with E-state index in [2.05, 4.69) is 35.9 Å². The second-order valence-corrected chi connectivity index (χ2v) is 6.05. The summed E-state index contributed by atoms with van der Waals surface area (Å²) in [5, 5.41) is 12.2. The van der Waals surface area contributed by atoms with E-state index in [0.29, 0.717) is 11.4 Å². The van der Waals surface area contributed by atoms with E-state index in [9.17, 15) is 9.90 Å². The molecule has 4 nitrogen and oxygen atoms in total. The van der Waals surface area contributed by atoms with Gasteiger partial charge in [0.2, 0.25) is 0 Å². The minimum absolute atomic E-state index is 0.162. The third kappa shape index (κ3) is 7.76. The van der Waals surface area contributed by atoms with Crippen molar-refractivity contribution in [2.45, 2.75) is 27.7 Å². The molecule has 0 aliphatic heterocycles. The monoisotopic (exact) mass is 402 g/mol. The minimum Gasteiger partial charge on any atom is -0.478 e. The van der Waals surface area contributed by atoms with Crippen LogP contribution in [0, 0.1) is 6.92 Å². The van der Waals surface area contributed by atoms with E-state index in [1.807, 2.05) is 75.4 Å². The fourth-order valence-corrected chi connectivity index (χ4v) is 2.58. The van der Waals surface area contributed by atoms with Crippen molar-refractivity contribution in [3.8, 4) is 0 Å². The molecule has 0 saturated carbocycles. The summed E-state index contributed by atoms with van der Waals surface area (Å²) in [7, 11) is 0. The van der Waals surface area contributed by atoms with Crippen LogP contribution in [0.2, 0.25) is 0 Å². The lowest BCUT2D eigenvalue weighted by Crippen LogP contribution is -2.07. The van der Waals surface area contributed by atoms with E-state index in [1.54, 1.807) is 0 Å². The highest BCUT2D eigenvalue weighted by molar-refractivity contribution is 5.95. The molecule has 0 bridgehead atoms. The van der Waals surface area contributed by atoms with Crippen LogP contribution >= 0.6 is 0 Å². The summed E-state index contributed by atoms with van der Waals surface area (Å²) in [5.74, 6) is -1.01. The summed E-state index contributed by atoms with van der Waals surface area (Å²) in [6.45, 7) is 12.0. The van der Waals surface area contributed by atoms with Crippen LogP contribution in [0.3, 0.4) is 0 Å². The van der Waals surface area contributed by atoms with Gasteiger partial charge >= 0.3 is 5.97 Å². The predicted octanol–water partition coefficient (Wildman–Crippen LogP) is 6.83. The van der Waals surface area contributed by atoms with Crippen molar-refractivity contribution in [2.75, 3.05) is 5.32 Å². The molecule has 0 aliphatic carbocycles. The SMILES string of the molecule is C=C(Nc1cnccc1C(=O)O)/C(=C\C)c1ccccc1.CC.Cc1ccccc1. The third-order valence-corrected chi connectivity index (χ3v) is 3.98. The molecular formula is C26H30N2O2. The number of hydrogen-bond donors (Lipinski definition) is 2. The molecule has 1 heterocycles. The molecule has 0 atom stereocenters. The van der Waals surface area contributed by atoms with Gasteiger partial charge in [-0.05, 0) is 25.5 Å². The first-order valence-electron chi connectivity index (χ1n) is 9.90. The first-order valence-corrected chi connectivity index (χ1v) is 9.90. The molecule has 3 rings (SSSR count). The summed E-state index contributed by atoms with van der Waals surface area (Å²) in [6.07, 6.45) is 4.86. The fraction of sp³-hybridized carbons (Fsp3) is 0.154. The van der Waals surface area contributed by atoms with Gasteiger partial charge in [0.1, 0.15) is 0 Å². The Morgan fingerprint density at radius 1 is 1.00 bits per heavy atom. The molecular weight excluding hydrogens is 372 g/mol. The van der Waals surface area contributed by atoms with Crippen LogP contribution in [0.15, 0.2) is 97.5 Å². The first kappa shape index (κ1) is 24.4. The van der Waals surface area contributed by atoms with E-state index < -0.39 is 5.97 Å². The number of carboxylic acids is 1. The Morgan fingerprint density at radius 2 is 1.57 bits per heavy atom. The average molecular weight is 403 g/mol. The van der Waals surface area contributed by atoms with Crippen LogP contribution in [0.4, 0.5) is 5.69 Å². The number of nitrogens with one attached hydrogen (secondary N) is 1. The zero-order valence-corrected chi connectivity index (χ0v) is 18.1. The number of aromatic carboxylic acids is 1. The van der Waals surface area contributed by atoms with Crippen molar-refractivity contribution in [2.24, 2.45) is 0 Å². The number of benzene rings is 2. The summed E-state index contributed by atoms with van der Waals surface area (Å²) in [4.78, 5) is 15.2. The fourth-order valence-electron chi connectivity index (χ4n) is 2.58. The Kier molecular flexibility index (Phi) is 11.0. The zero-order chi connectivity index (χ0) is 22.4. The van der Waals surface area contributed by atoms with E-state index >= 15 is 0 Å². The maximum Gasteiger partial charge on any atom is 0.337 e. The number of anilines is 1. The molecule has 0 spiro atoms. The molecule has 0 amide bonds. The van der Waals surface area contributed by atoms with E-state index in [-0.39, 0.29) is 5.56 Å². The number of rotatable bonds is 5. The zero-order valence-electron chi connectivity index (χ0n) is 18.1.